The second-order valence-corrected chi connectivity index (χ2v) is 9.61. The summed E-state index contributed by atoms with van der Waals surface area (Å²) in [6.07, 6.45) is 6.09. The molecule has 2 aliphatic heterocycles. The van der Waals surface area contributed by atoms with Crippen molar-refractivity contribution in [3.05, 3.63) is 33.1 Å². The van der Waals surface area contributed by atoms with E-state index >= 15 is 0 Å². The number of nitrogens with zero attached hydrogens (tertiary/aromatic N) is 3. The fourth-order valence-electron chi connectivity index (χ4n) is 4.86. The van der Waals surface area contributed by atoms with Gasteiger partial charge in [-0.1, -0.05) is 40.3 Å². The van der Waals surface area contributed by atoms with Crippen LogP contribution in [0.15, 0.2) is 15.0 Å². The highest BCUT2D eigenvalue weighted by atomic mass is 79.9. The van der Waals surface area contributed by atoms with Crippen LogP contribution in [-0.4, -0.2) is 44.0 Å². The zero-order valence-corrected chi connectivity index (χ0v) is 19.5. The first-order valence-corrected chi connectivity index (χ1v) is 12.0. The molecule has 1 unspecified atom stereocenters. The number of aromatic nitrogens is 2. The Balaban J connectivity index is 1.32. The van der Waals surface area contributed by atoms with Crippen LogP contribution in [0.1, 0.15) is 78.2 Å². The van der Waals surface area contributed by atoms with Gasteiger partial charge in [-0.2, -0.15) is 0 Å². The van der Waals surface area contributed by atoms with Crippen LogP contribution in [0.4, 0.5) is 6.01 Å². The molecule has 1 atom stereocenters. The number of hydrogen-bond donors (Lipinski definition) is 3. The lowest BCUT2D eigenvalue weighted by Crippen LogP contribution is -2.52. The van der Waals surface area contributed by atoms with Gasteiger partial charge < -0.3 is 19.7 Å². The number of piperidine rings is 1. The molecule has 174 valence electrons. The van der Waals surface area contributed by atoms with Crippen LogP contribution in [0.5, 0.6) is 5.75 Å². The van der Waals surface area contributed by atoms with Gasteiger partial charge in [0, 0.05) is 41.0 Å². The Kier molecular flexibility index (Phi) is 5.81. The van der Waals surface area contributed by atoms with Gasteiger partial charge in [-0.15, -0.1) is 5.10 Å². The van der Waals surface area contributed by atoms with Gasteiger partial charge in [-0.3, -0.25) is 19.7 Å². The number of nitrogens with one attached hydrogen (secondary N) is 2. The van der Waals surface area contributed by atoms with E-state index in [2.05, 4.69) is 36.8 Å². The van der Waals surface area contributed by atoms with Crippen molar-refractivity contribution in [2.45, 2.75) is 70.0 Å². The zero-order chi connectivity index (χ0) is 23.1. The van der Waals surface area contributed by atoms with Gasteiger partial charge in [0.15, 0.2) is 0 Å². The summed E-state index contributed by atoms with van der Waals surface area (Å²) < 4.78 is 6.43. The maximum Gasteiger partial charge on any atom is 0.315 e. The van der Waals surface area contributed by atoms with Crippen LogP contribution in [0.2, 0.25) is 0 Å². The highest BCUT2D eigenvalue weighted by Crippen LogP contribution is 2.40. The van der Waals surface area contributed by atoms with Crippen LogP contribution in [0, 0.1) is 0 Å². The molecule has 11 heteroatoms. The van der Waals surface area contributed by atoms with Crippen LogP contribution in [0.25, 0.3) is 0 Å². The van der Waals surface area contributed by atoms with Crippen molar-refractivity contribution in [2.24, 2.45) is 0 Å². The number of phenolic OH excluding ortho intramolecular Hbond substituents is 1. The van der Waals surface area contributed by atoms with Crippen LogP contribution in [0.3, 0.4) is 0 Å². The molecule has 1 aliphatic carbocycles. The number of rotatable bonds is 5. The van der Waals surface area contributed by atoms with Crippen LogP contribution < -0.4 is 10.6 Å². The third-order valence-electron chi connectivity index (χ3n) is 6.65. The molecule has 1 aromatic carbocycles. The van der Waals surface area contributed by atoms with Gasteiger partial charge in [0.1, 0.15) is 11.8 Å². The summed E-state index contributed by atoms with van der Waals surface area (Å²) in [5.74, 6) is -0.489. The number of amides is 3. The van der Waals surface area contributed by atoms with E-state index < -0.39 is 17.9 Å². The lowest BCUT2D eigenvalue weighted by molar-refractivity contribution is -0.136. The number of benzene rings is 1. The van der Waals surface area contributed by atoms with E-state index in [4.69, 9.17) is 4.42 Å². The van der Waals surface area contributed by atoms with Gasteiger partial charge in [0.05, 0.1) is 5.56 Å². The molecule has 1 aromatic heterocycles. The fourth-order valence-corrected chi connectivity index (χ4v) is 5.46. The quantitative estimate of drug-likeness (QED) is 0.514. The molecule has 5 rings (SSSR count). The highest BCUT2D eigenvalue weighted by molar-refractivity contribution is 9.10. The Bertz CT molecular complexity index is 1130. The second-order valence-electron chi connectivity index (χ2n) is 8.75. The molecule has 3 amide bonds. The Morgan fingerprint density at radius 2 is 1.97 bits per heavy atom. The molecule has 2 aromatic rings. The molecule has 2 fully saturated rings. The topological polar surface area (TPSA) is 138 Å². The molecule has 33 heavy (non-hydrogen) atoms. The Morgan fingerprint density at radius 1 is 1.18 bits per heavy atom. The van der Waals surface area contributed by atoms with Crippen molar-refractivity contribution < 1.29 is 23.9 Å². The van der Waals surface area contributed by atoms with Gasteiger partial charge in [-0.25, -0.2) is 0 Å². The maximum absolute atomic E-state index is 13.1. The molecule has 0 radical (unpaired) electrons. The molecule has 3 N–H and O–H groups in total. The van der Waals surface area contributed by atoms with Crippen molar-refractivity contribution >= 4 is 39.7 Å². The van der Waals surface area contributed by atoms with E-state index in [9.17, 15) is 19.5 Å². The van der Waals surface area contributed by atoms with Crippen molar-refractivity contribution in [1.82, 2.24) is 20.4 Å². The van der Waals surface area contributed by atoms with Crippen molar-refractivity contribution in [1.29, 1.82) is 0 Å². The second kappa shape index (κ2) is 8.77. The first-order valence-electron chi connectivity index (χ1n) is 11.2. The van der Waals surface area contributed by atoms with E-state index in [1.165, 1.54) is 11.3 Å². The van der Waals surface area contributed by atoms with E-state index in [1.54, 1.807) is 6.07 Å². The number of anilines is 1. The van der Waals surface area contributed by atoms with Gasteiger partial charge in [0.2, 0.25) is 17.7 Å². The molecule has 1 saturated heterocycles. The Hall–Kier alpha value is -2.95. The number of carbonyl (C=O) groups excluding carboxylic acids is 3. The fraction of sp³-hybridized carbons (Fsp3) is 0.500. The molecule has 0 bridgehead atoms. The summed E-state index contributed by atoms with van der Waals surface area (Å²) >= 11 is 3.49. The number of carbonyl (C=O) groups is 3. The van der Waals surface area contributed by atoms with Gasteiger partial charge in [-0.05, 0) is 25.3 Å². The summed E-state index contributed by atoms with van der Waals surface area (Å²) in [4.78, 5) is 38.3. The highest BCUT2D eigenvalue weighted by Gasteiger charge is 2.41. The molecule has 3 aliphatic rings. The maximum atomic E-state index is 13.1. The minimum atomic E-state index is -0.743. The third-order valence-corrected chi connectivity index (χ3v) is 7.35. The van der Waals surface area contributed by atoms with E-state index in [0.29, 0.717) is 27.4 Å². The number of phenols is 1. The molecule has 10 nitrogen and oxygen atoms in total. The Morgan fingerprint density at radius 3 is 2.73 bits per heavy atom. The average molecular weight is 518 g/mol. The van der Waals surface area contributed by atoms with Crippen LogP contribution >= 0.6 is 15.9 Å². The van der Waals surface area contributed by atoms with Gasteiger partial charge in [0.25, 0.3) is 5.91 Å². The zero-order valence-electron chi connectivity index (χ0n) is 17.9. The number of halogens is 1. The average Bonchev–Trinajstić information content (AvgIpc) is 3.41. The van der Waals surface area contributed by atoms with E-state index in [-0.39, 0.29) is 49.2 Å². The summed E-state index contributed by atoms with van der Waals surface area (Å²) in [6, 6.07) is 1.26. The summed E-state index contributed by atoms with van der Waals surface area (Å²) in [6.45, 7) is 0.354. The minimum Gasteiger partial charge on any atom is -0.507 e. The van der Waals surface area contributed by atoms with Crippen molar-refractivity contribution in [3.8, 4) is 5.75 Å². The Labute approximate surface area is 198 Å². The third kappa shape index (κ3) is 4.09. The van der Waals surface area contributed by atoms with Crippen molar-refractivity contribution in [3.63, 3.8) is 0 Å². The molecular weight excluding hydrogens is 494 g/mol. The minimum absolute atomic E-state index is 0.146. The molecule has 1 saturated carbocycles. The molecular formula is C22H24BrN5O5. The number of fused-ring (bicyclic) bond motifs is 1. The summed E-state index contributed by atoms with van der Waals surface area (Å²) in [7, 11) is 0. The van der Waals surface area contributed by atoms with E-state index in [0.717, 1.165) is 25.7 Å². The number of imide groups is 1. The summed E-state index contributed by atoms with van der Waals surface area (Å²) in [5, 5.41) is 24.4. The monoisotopic (exact) mass is 517 g/mol. The van der Waals surface area contributed by atoms with Crippen LogP contribution in [-0.2, 0) is 22.7 Å². The smallest absolute Gasteiger partial charge is 0.315 e. The lowest BCUT2D eigenvalue weighted by Gasteiger charge is -2.29. The predicted molar refractivity (Wildman–Crippen MR) is 119 cm³/mol. The van der Waals surface area contributed by atoms with Gasteiger partial charge >= 0.3 is 6.01 Å². The lowest BCUT2D eigenvalue weighted by atomic mass is 9.89. The first kappa shape index (κ1) is 21.9. The SMILES string of the molecule is O=C1CCC(N2Cc3c(Br)cc(CNc4nnc(C5CCCCC5)o4)c(O)c3C2=O)C(=O)N1. The largest absolute Gasteiger partial charge is 0.507 e. The normalized spacial score (nSPS) is 21.3. The van der Waals surface area contributed by atoms with E-state index in [1.807, 2.05) is 0 Å². The number of hydrogen-bond acceptors (Lipinski definition) is 8. The summed E-state index contributed by atoms with van der Waals surface area (Å²) in [5.41, 5.74) is 1.26. The molecule has 3 heterocycles. The predicted octanol–water partition coefficient (Wildman–Crippen LogP) is 2.96. The first-order chi connectivity index (χ1) is 15.9. The number of aromatic hydroxyl groups is 1. The molecule has 0 spiro atoms. The van der Waals surface area contributed by atoms with Crippen molar-refractivity contribution in [2.75, 3.05) is 5.32 Å². The standard InChI is InChI=1S/C22H24BrN5O5/c23-14-8-12(9-24-22-27-26-20(33-22)11-4-2-1-3-5-11)18(30)17-13(14)10-28(21(17)32)15-6-7-16(29)25-19(15)31/h8,11,15,30H,1-7,9-10H2,(H,24,27)(H,25,29,31).